The van der Waals surface area contributed by atoms with E-state index in [2.05, 4.69) is 14.7 Å². The van der Waals surface area contributed by atoms with Crippen LogP contribution in [0.5, 0.6) is 0 Å². The summed E-state index contributed by atoms with van der Waals surface area (Å²) in [6.07, 6.45) is 2.19. The molecule has 7 nitrogen and oxygen atoms in total. The molecule has 0 unspecified atom stereocenters. The first-order chi connectivity index (χ1) is 10.3. The summed E-state index contributed by atoms with van der Waals surface area (Å²) in [6.45, 7) is 1.59. The second kappa shape index (κ2) is 6.46. The summed E-state index contributed by atoms with van der Waals surface area (Å²) >= 11 is 0.999. The number of hydrogen-bond acceptors (Lipinski definition) is 6. The molecule has 0 bridgehead atoms. The number of pyridine rings is 1. The second-order valence-electron chi connectivity index (χ2n) is 4.31. The predicted octanol–water partition coefficient (Wildman–Crippen LogP) is 1.20. The summed E-state index contributed by atoms with van der Waals surface area (Å²) in [6, 6.07) is 0.866. The fourth-order valence-electron chi connectivity index (χ4n) is 1.67. The third-order valence-corrected chi connectivity index (χ3v) is 5.29. The summed E-state index contributed by atoms with van der Waals surface area (Å²) < 4.78 is 39.1. The lowest BCUT2D eigenvalue weighted by atomic mass is 10.4. The van der Waals surface area contributed by atoms with Crippen LogP contribution in [-0.2, 0) is 16.4 Å². The monoisotopic (exact) mass is 345 g/mol. The number of carboxylic acids is 1. The van der Waals surface area contributed by atoms with E-state index in [4.69, 9.17) is 5.11 Å². The highest BCUT2D eigenvalue weighted by Gasteiger charge is 2.17. The minimum atomic E-state index is -3.86. The highest BCUT2D eigenvalue weighted by Crippen LogP contribution is 2.18. The molecule has 0 spiro atoms. The van der Waals surface area contributed by atoms with Crippen LogP contribution in [0, 0.1) is 12.7 Å². The normalized spacial score (nSPS) is 11.5. The average molecular weight is 345 g/mol. The Balaban J connectivity index is 2.01. The molecule has 2 rings (SSSR count). The van der Waals surface area contributed by atoms with E-state index in [1.54, 1.807) is 6.92 Å². The molecule has 10 heteroatoms. The first kappa shape index (κ1) is 16.5. The van der Waals surface area contributed by atoms with Gasteiger partial charge in [-0.1, -0.05) is 0 Å². The van der Waals surface area contributed by atoms with E-state index in [-0.39, 0.29) is 22.7 Å². The summed E-state index contributed by atoms with van der Waals surface area (Å²) in [5.41, 5.74) is 0.393. The van der Waals surface area contributed by atoms with Crippen LogP contribution in [0.25, 0.3) is 0 Å². The van der Waals surface area contributed by atoms with Crippen molar-refractivity contribution in [2.75, 3.05) is 6.54 Å². The van der Waals surface area contributed by atoms with Crippen molar-refractivity contribution in [3.63, 3.8) is 0 Å². The molecule has 0 aliphatic carbocycles. The van der Waals surface area contributed by atoms with Crippen LogP contribution in [-0.4, -0.2) is 36.0 Å². The minimum absolute atomic E-state index is 0.0187. The van der Waals surface area contributed by atoms with E-state index in [1.165, 1.54) is 0 Å². The highest BCUT2D eigenvalue weighted by molar-refractivity contribution is 7.89. The van der Waals surface area contributed by atoms with Crippen LogP contribution >= 0.6 is 11.3 Å². The molecule has 2 aromatic rings. The van der Waals surface area contributed by atoms with Gasteiger partial charge in [0.15, 0.2) is 0 Å². The molecule has 0 atom stereocenters. The zero-order valence-corrected chi connectivity index (χ0v) is 13.0. The van der Waals surface area contributed by atoms with Crippen molar-refractivity contribution >= 4 is 27.3 Å². The number of sulfonamides is 1. The molecule has 2 aromatic heterocycles. The Bertz CT molecular complexity index is 804. The third kappa shape index (κ3) is 3.84. The van der Waals surface area contributed by atoms with Crippen molar-refractivity contribution < 1.29 is 22.7 Å². The fourth-order valence-corrected chi connectivity index (χ4v) is 3.58. The Hall–Kier alpha value is -1.91. The molecule has 0 aromatic carbocycles. The van der Waals surface area contributed by atoms with Crippen LogP contribution in [0.2, 0.25) is 0 Å². The maximum absolute atomic E-state index is 13.0. The topological polar surface area (TPSA) is 109 Å². The van der Waals surface area contributed by atoms with Gasteiger partial charge in [-0.05, 0) is 13.0 Å². The van der Waals surface area contributed by atoms with Gasteiger partial charge in [0.25, 0.3) is 0 Å². The van der Waals surface area contributed by atoms with Crippen LogP contribution < -0.4 is 4.72 Å². The van der Waals surface area contributed by atoms with Crippen LogP contribution in [0.1, 0.15) is 20.4 Å². The zero-order valence-electron chi connectivity index (χ0n) is 11.4. The summed E-state index contributed by atoms with van der Waals surface area (Å²) in [4.78, 5) is 18.3. The molecule has 0 fully saturated rings. The van der Waals surface area contributed by atoms with Crippen molar-refractivity contribution in [2.24, 2.45) is 0 Å². The van der Waals surface area contributed by atoms with Gasteiger partial charge in [0.2, 0.25) is 10.0 Å². The second-order valence-corrected chi connectivity index (χ2v) is 7.16. The quantitative estimate of drug-likeness (QED) is 0.814. The van der Waals surface area contributed by atoms with E-state index >= 15 is 0 Å². The Labute approximate surface area is 129 Å². The zero-order chi connectivity index (χ0) is 16.3. The number of rotatable bonds is 6. The Kier molecular flexibility index (Phi) is 4.84. The number of aromatic nitrogens is 2. The first-order valence-electron chi connectivity index (χ1n) is 6.09. The molecule has 22 heavy (non-hydrogen) atoms. The van der Waals surface area contributed by atoms with Crippen molar-refractivity contribution in [1.82, 2.24) is 14.7 Å². The molecular formula is C12H12FN3O4S2. The van der Waals surface area contributed by atoms with Gasteiger partial charge in [-0.2, -0.15) is 0 Å². The smallest absolute Gasteiger partial charge is 0.347 e. The molecule has 0 saturated carbocycles. The summed E-state index contributed by atoms with van der Waals surface area (Å²) in [5, 5.41) is 9.43. The predicted molar refractivity (Wildman–Crippen MR) is 76.9 cm³/mol. The number of carboxylic acid groups (broad SMARTS) is 1. The summed E-state index contributed by atoms with van der Waals surface area (Å²) in [7, 11) is -3.86. The van der Waals surface area contributed by atoms with E-state index in [1.807, 2.05) is 0 Å². The molecule has 0 aliphatic heterocycles. The first-order valence-corrected chi connectivity index (χ1v) is 8.39. The fraction of sp³-hybridized carbons (Fsp3) is 0.250. The van der Waals surface area contributed by atoms with Crippen molar-refractivity contribution in [2.45, 2.75) is 18.2 Å². The number of thiazole rings is 1. The van der Waals surface area contributed by atoms with Gasteiger partial charge < -0.3 is 5.11 Å². The van der Waals surface area contributed by atoms with Crippen molar-refractivity contribution in [3.8, 4) is 0 Å². The number of aromatic carboxylic acids is 1. The lowest BCUT2D eigenvalue weighted by Crippen LogP contribution is -2.26. The van der Waals surface area contributed by atoms with Gasteiger partial charge in [0.1, 0.15) is 15.6 Å². The van der Waals surface area contributed by atoms with E-state index in [0.717, 1.165) is 29.8 Å². The number of carbonyl (C=O) groups is 1. The molecule has 0 amide bonds. The maximum atomic E-state index is 13.0. The highest BCUT2D eigenvalue weighted by atomic mass is 32.2. The molecule has 2 heterocycles. The molecule has 0 saturated heterocycles. The minimum Gasteiger partial charge on any atom is -0.477 e. The lowest BCUT2D eigenvalue weighted by Gasteiger charge is -2.05. The van der Waals surface area contributed by atoms with Gasteiger partial charge in [0, 0.05) is 19.2 Å². The van der Waals surface area contributed by atoms with Crippen LogP contribution in [0.4, 0.5) is 4.39 Å². The molecular weight excluding hydrogens is 333 g/mol. The largest absolute Gasteiger partial charge is 0.477 e. The summed E-state index contributed by atoms with van der Waals surface area (Å²) in [5.74, 6) is -1.81. The van der Waals surface area contributed by atoms with Gasteiger partial charge in [-0.25, -0.2) is 27.3 Å². The number of nitrogens with zero attached hydrogens (tertiary/aromatic N) is 2. The Morgan fingerprint density at radius 2 is 2.18 bits per heavy atom. The van der Waals surface area contributed by atoms with Gasteiger partial charge >= 0.3 is 5.97 Å². The van der Waals surface area contributed by atoms with Crippen LogP contribution in [0.3, 0.4) is 0 Å². The van der Waals surface area contributed by atoms with Crippen LogP contribution in [0.15, 0.2) is 23.4 Å². The number of nitrogens with one attached hydrogen (secondary N) is 1. The van der Waals surface area contributed by atoms with Gasteiger partial charge in [0.05, 0.1) is 16.9 Å². The average Bonchev–Trinajstić information content (AvgIpc) is 2.80. The molecule has 0 aliphatic rings. The molecule has 118 valence electrons. The van der Waals surface area contributed by atoms with Gasteiger partial charge in [-0.3, -0.25) is 4.98 Å². The van der Waals surface area contributed by atoms with E-state index < -0.39 is 21.8 Å². The van der Waals surface area contributed by atoms with E-state index in [0.29, 0.717) is 10.7 Å². The van der Waals surface area contributed by atoms with E-state index in [9.17, 15) is 17.6 Å². The molecule has 2 N–H and O–H groups in total. The Morgan fingerprint density at radius 1 is 1.45 bits per heavy atom. The maximum Gasteiger partial charge on any atom is 0.347 e. The van der Waals surface area contributed by atoms with Gasteiger partial charge in [-0.15, -0.1) is 11.3 Å². The number of halogens is 1. The SMILES string of the molecule is Cc1nc(CCNS(=O)(=O)c2cncc(F)c2)sc1C(=O)O. The third-order valence-electron chi connectivity index (χ3n) is 2.66. The molecule has 0 radical (unpaired) electrons. The standard InChI is InChI=1S/C12H12FN3O4S2/c1-7-11(12(17)18)21-10(16-7)2-3-15-22(19,20)9-4-8(13)5-14-6-9/h4-6,15H,2-3H2,1H3,(H,17,18). The van der Waals surface area contributed by atoms with Crippen molar-refractivity contribution in [3.05, 3.63) is 39.9 Å². The van der Waals surface area contributed by atoms with Crippen molar-refractivity contribution in [1.29, 1.82) is 0 Å². The number of hydrogen-bond donors (Lipinski definition) is 2. The lowest BCUT2D eigenvalue weighted by molar-refractivity contribution is 0.0701. The Morgan fingerprint density at radius 3 is 2.77 bits per heavy atom. The number of aryl methyl sites for hydroxylation is 1.